The number of carbonyl (C=O) groups excluding carboxylic acids is 1. The third-order valence-corrected chi connectivity index (χ3v) is 4.96. The maximum Gasteiger partial charge on any atom is 0.238 e. The van der Waals surface area contributed by atoms with Crippen LogP contribution in [0, 0.1) is 6.92 Å². The Morgan fingerprint density at radius 1 is 1.38 bits per heavy atom. The van der Waals surface area contributed by atoms with Gasteiger partial charge >= 0.3 is 0 Å². The zero-order chi connectivity index (χ0) is 18.7. The van der Waals surface area contributed by atoms with Gasteiger partial charge in [-0.15, -0.1) is 10.2 Å². The molecule has 1 aromatic carbocycles. The van der Waals surface area contributed by atoms with Gasteiger partial charge in [0, 0.05) is 23.2 Å². The van der Waals surface area contributed by atoms with Crippen LogP contribution in [0.3, 0.4) is 0 Å². The predicted molar refractivity (Wildman–Crippen MR) is 101 cm³/mol. The van der Waals surface area contributed by atoms with E-state index in [4.69, 9.17) is 16.1 Å². The normalized spacial score (nSPS) is 12.2. The number of aromatic nitrogens is 4. The van der Waals surface area contributed by atoms with E-state index in [1.807, 2.05) is 35.8 Å². The SMILES string of the molecule is CCn1c(SC(C)C(=O)Nc2cc(C)on2)nnc1-c1cccc(Cl)c1. The van der Waals surface area contributed by atoms with Crippen molar-refractivity contribution >= 4 is 35.1 Å². The number of thioether (sulfide) groups is 1. The average molecular weight is 392 g/mol. The van der Waals surface area contributed by atoms with E-state index < -0.39 is 0 Å². The summed E-state index contributed by atoms with van der Waals surface area (Å²) in [6, 6.07) is 9.12. The third kappa shape index (κ3) is 4.08. The molecule has 0 aliphatic heterocycles. The number of nitrogens with one attached hydrogen (secondary N) is 1. The highest BCUT2D eigenvalue weighted by Gasteiger charge is 2.21. The molecule has 0 bridgehead atoms. The molecule has 26 heavy (non-hydrogen) atoms. The van der Waals surface area contributed by atoms with Gasteiger partial charge in [0.15, 0.2) is 16.8 Å². The highest BCUT2D eigenvalue weighted by molar-refractivity contribution is 8.00. The number of amides is 1. The first-order valence-corrected chi connectivity index (χ1v) is 9.33. The number of aryl methyl sites for hydroxylation is 1. The van der Waals surface area contributed by atoms with Gasteiger partial charge in [0.1, 0.15) is 5.76 Å². The molecule has 1 N–H and O–H groups in total. The molecule has 136 valence electrons. The smallest absolute Gasteiger partial charge is 0.238 e. The summed E-state index contributed by atoms with van der Waals surface area (Å²) in [5.74, 6) is 1.57. The monoisotopic (exact) mass is 391 g/mol. The van der Waals surface area contributed by atoms with Crippen molar-refractivity contribution in [2.24, 2.45) is 0 Å². The summed E-state index contributed by atoms with van der Waals surface area (Å²) in [7, 11) is 0. The first kappa shape index (κ1) is 18.5. The van der Waals surface area contributed by atoms with Crippen LogP contribution < -0.4 is 5.32 Å². The third-order valence-electron chi connectivity index (χ3n) is 3.65. The van der Waals surface area contributed by atoms with Crippen molar-refractivity contribution in [2.75, 3.05) is 5.32 Å². The number of rotatable bonds is 6. The highest BCUT2D eigenvalue weighted by Crippen LogP contribution is 2.28. The van der Waals surface area contributed by atoms with Crippen molar-refractivity contribution in [1.82, 2.24) is 19.9 Å². The molecular formula is C17H18ClN5O2S. The molecule has 3 aromatic rings. The summed E-state index contributed by atoms with van der Waals surface area (Å²) in [5.41, 5.74) is 0.883. The maximum absolute atomic E-state index is 12.4. The Hall–Kier alpha value is -2.32. The molecule has 2 heterocycles. The first-order chi connectivity index (χ1) is 12.5. The van der Waals surface area contributed by atoms with E-state index in [1.165, 1.54) is 11.8 Å². The van der Waals surface area contributed by atoms with Gasteiger partial charge in [-0.3, -0.25) is 4.79 Å². The number of hydrogen-bond acceptors (Lipinski definition) is 6. The van der Waals surface area contributed by atoms with Gasteiger partial charge in [-0.2, -0.15) is 0 Å². The molecule has 0 saturated carbocycles. The highest BCUT2D eigenvalue weighted by atomic mass is 35.5. The number of hydrogen-bond donors (Lipinski definition) is 1. The Kier molecular flexibility index (Phi) is 5.63. The van der Waals surface area contributed by atoms with Crippen molar-refractivity contribution in [3.8, 4) is 11.4 Å². The van der Waals surface area contributed by atoms with E-state index in [0.29, 0.717) is 28.3 Å². The molecule has 0 aliphatic rings. The van der Waals surface area contributed by atoms with E-state index in [0.717, 1.165) is 11.4 Å². The van der Waals surface area contributed by atoms with Crippen LogP contribution in [0.1, 0.15) is 19.6 Å². The summed E-state index contributed by atoms with van der Waals surface area (Å²) in [6.07, 6.45) is 0. The van der Waals surface area contributed by atoms with Gasteiger partial charge in [-0.1, -0.05) is 40.7 Å². The van der Waals surface area contributed by atoms with Crippen LogP contribution in [0.15, 0.2) is 40.0 Å². The lowest BCUT2D eigenvalue weighted by molar-refractivity contribution is -0.115. The molecular weight excluding hydrogens is 374 g/mol. The number of anilines is 1. The minimum absolute atomic E-state index is 0.182. The number of carbonyl (C=O) groups is 1. The predicted octanol–water partition coefficient (Wildman–Crippen LogP) is 4.03. The van der Waals surface area contributed by atoms with Gasteiger partial charge in [0.25, 0.3) is 0 Å². The second-order valence-electron chi connectivity index (χ2n) is 5.63. The van der Waals surface area contributed by atoms with E-state index in [9.17, 15) is 4.79 Å². The van der Waals surface area contributed by atoms with Gasteiger partial charge in [0.05, 0.1) is 5.25 Å². The standard InChI is InChI=1S/C17H18ClN5O2S/c1-4-23-15(12-6-5-7-13(18)9-12)20-21-17(23)26-11(3)16(24)19-14-8-10(2)25-22-14/h5-9,11H,4H2,1-3H3,(H,19,22,24). The maximum atomic E-state index is 12.4. The summed E-state index contributed by atoms with van der Waals surface area (Å²) < 4.78 is 6.91. The fraction of sp³-hybridized carbons (Fsp3) is 0.294. The zero-order valence-electron chi connectivity index (χ0n) is 14.6. The van der Waals surface area contributed by atoms with Crippen LogP contribution in [-0.4, -0.2) is 31.1 Å². The van der Waals surface area contributed by atoms with Crippen LogP contribution in [0.5, 0.6) is 0 Å². The second kappa shape index (κ2) is 7.92. The Balaban J connectivity index is 1.76. The lowest BCUT2D eigenvalue weighted by Gasteiger charge is -2.11. The molecule has 2 aromatic heterocycles. The van der Waals surface area contributed by atoms with Crippen LogP contribution in [-0.2, 0) is 11.3 Å². The summed E-state index contributed by atoms with van der Waals surface area (Å²) in [4.78, 5) is 12.4. The molecule has 0 saturated heterocycles. The number of halogens is 1. The van der Waals surface area contributed by atoms with Crippen molar-refractivity contribution in [3.63, 3.8) is 0 Å². The fourth-order valence-corrected chi connectivity index (χ4v) is 3.47. The molecule has 1 amide bonds. The van der Waals surface area contributed by atoms with Crippen molar-refractivity contribution in [2.45, 2.75) is 37.7 Å². The molecule has 0 radical (unpaired) electrons. The van der Waals surface area contributed by atoms with Gasteiger partial charge in [0.2, 0.25) is 5.91 Å². The fourth-order valence-electron chi connectivity index (χ4n) is 2.37. The molecule has 7 nitrogen and oxygen atoms in total. The minimum Gasteiger partial charge on any atom is -0.360 e. The zero-order valence-corrected chi connectivity index (χ0v) is 16.1. The van der Waals surface area contributed by atoms with Gasteiger partial charge in [-0.25, -0.2) is 0 Å². The lowest BCUT2D eigenvalue weighted by atomic mass is 10.2. The van der Waals surface area contributed by atoms with E-state index >= 15 is 0 Å². The van der Waals surface area contributed by atoms with Crippen LogP contribution in [0.25, 0.3) is 11.4 Å². The first-order valence-electron chi connectivity index (χ1n) is 8.08. The molecule has 1 unspecified atom stereocenters. The van der Waals surface area contributed by atoms with Gasteiger partial charge in [-0.05, 0) is 32.9 Å². The van der Waals surface area contributed by atoms with Crippen molar-refractivity contribution < 1.29 is 9.32 Å². The summed E-state index contributed by atoms with van der Waals surface area (Å²) in [6.45, 7) is 6.25. The molecule has 3 rings (SSSR count). The molecule has 0 fully saturated rings. The number of nitrogens with zero attached hydrogens (tertiary/aromatic N) is 4. The van der Waals surface area contributed by atoms with Gasteiger partial charge < -0.3 is 14.4 Å². The summed E-state index contributed by atoms with van der Waals surface area (Å²) in [5, 5.41) is 15.9. The average Bonchev–Trinajstić information content (AvgIpc) is 3.20. The minimum atomic E-state index is -0.381. The lowest BCUT2D eigenvalue weighted by Crippen LogP contribution is -2.23. The van der Waals surface area contributed by atoms with Crippen LogP contribution >= 0.6 is 23.4 Å². The summed E-state index contributed by atoms with van der Waals surface area (Å²) >= 11 is 7.41. The molecule has 1 atom stereocenters. The molecule has 9 heteroatoms. The topological polar surface area (TPSA) is 85.8 Å². The van der Waals surface area contributed by atoms with E-state index in [2.05, 4.69) is 20.7 Å². The van der Waals surface area contributed by atoms with E-state index in [-0.39, 0.29) is 11.2 Å². The molecule has 0 aliphatic carbocycles. The van der Waals surface area contributed by atoms with Crippen LogP contribution in [0.4, 0.5) is 5.82 Å². The molecule has 0 spiro atoms. The van der Waals surface area contributed by atoms with E-state index in [1.54, 1.807) is 19.9 Å². The Morgan fingerprint density at radius 3 is 2.85 bits per heavy atom. The Labute approximate surface area is 160 Å². The van der Waals surface area contributed by atoms with Crippen LogP contribution in [0.2, 0.25) is 5.02 Å². The van der Waals surface area contributed by atoms with Crippen molar-refractivity contribution in [1.29, 1.82) is 0 Å². The Morgan fingerprint density at radius 2 is 2.19 bits per heavy atom. The second-order valence-corrected chi connectivity index (χ2v) is 7.38. The van der Waals surface area contributed by atoms with Crippen molar-refractivity contribution in [3.05, 3.63) is 41.1 Å². The number of benzene rings is 1. The largest absolute Gasteiger partial charge is 0.360 e. The quantitative estimate of drug-likeness (QED) is 0.638. The Bertz CT molecular complexity index is 924.